The average molecular weight is 258 g/mol. The van der Waals surface area contributed by atoms with E-state index in [1.54, 1.807) is 18.2 Å². The highest BCUT2D eigenvalue weighted by Crippen LogP contribution is 2.40. The molecule has 2 aromatic carbocycles. The van der Waals surface area contributed by atoms with Gasteiger partial charge in [0.05, 0.1) is 0 Å². The van der Waals surface area contributed by atoms with Crippen LogP contribution in [0.15, 0.2) is 36.4 Å². The molecule has 4 nitrogen and oxygen atoms in total. The molecule has 0 saturated heterocycles. The molecule has 0 bridgehead atoms. The molecule has 1 heterocycles. The fourth-order valence-electron chi connectivity index (χ4n) is 2.36. The zero-order valence-electron chi connectivity index (χ0n) is 10.2. The molecule has 0 aromatic heterocycles. The zero-order chi connectivity index (χ0) is 13.4. The van der Waals surface area contributed by atoms with Crippen molar-refractivity contribution in [2.75, 3.05) is 0 Å². The van der Waals surface area contributed by atoms with Crippen LogP contribution in [0.25, 0.3) is 0 Å². The third-order valence-corrected chi connectivity index (χ3v) is 3.34. The second-order valence-electron chi connectivity index (χ2n) is 4.69. The summed E-state index contributed by atoms with van der Waals surface area (Å²) < 4.78 is 5.83. The maximum Gasteiger partial charge on any atom is 0.161 e. The van der Waals surface area contributed by atoms with Gasteiger partial charge >= 0.3 is 0 Å². The summed E-state index contributed by atoms with van der Waals surface area (Å²) in [6.07, 6.45) is 1.37. The minimum atomic E-state index is -0.185. The summed E-state index contributed by atoms with van der Waals surface area (Å²) in [5, 5.41) is 28.5. The topological polar surface area (TPSA) is 69.9 Å². The molecular formula is C15H14O4. The van der Waals surface area contributed by atoms with Gasteiger partial charge in [-0.2, -0.15) is 0 Å². The SMILES string of the molecule is Oc1cccc(C2CCc3cc(O)c(O)cc3O2)c1. The maximum atomic E-state index is 9.51. The number of benzene rings is 2. The van der Waals surface area contributed by atoms with E-state index in [9.17, 15) is 15.3 Å². The van der Waals surface area contributed by atoms with Gasteiger partial charge in [-0.1, -0.05) is 12.1 Å². The van der Waals surface area contributed by atoms with E-state index in [4.69, 9.17) is 4.74 Å². The number of hydrogen-bond donors (Lipinski definition) is 3. The first-order chi connectivity index (χ1) is 9.13. The van der Waals surface area contributed by atoms with Crippen LogP contribution in [0.4, 0.5) is 0 Å². The highest BCUT2D eigenvalue weighted by atomic mass is 16.5. The van der Waals surface area contributed by atoms with Gasteiger partial charge in [0.15, 0.2) is 11.5 Å². The monoisotopic (exact) mass is 258 g/mol. The lowest BCUT2D eigenvalue weighted by molar-refractivity contribution is 0.175. The van der Waals surface area contributed by atoms with Crippen molar-refractivity contribution in [1.82, 2.24) is 0 Å². The normalized spacial score (nSPS) is 17.6. The number of phenolic OH excluding ortho intramolecular Hbond substituents is 3. The first-order valence-electron chi connectivity index (χ1n) is 6.14. The van der Waals surface area contributed by atoms with Crippen molar-refractivity contribution in [3.05, 3.63) is 47.5 Å². The Hall–Kier alpha value is -2.36. The minimum absolute atomic E-state index is 0.127. The van der Waals surface area contributed by atoms with E-state index in [2.05, 4.69) is 0 Å². The van der Waals surface area contributed by atoms with Gasteiger partial charge in [0.1, 0.15) is 17.6 Å². The number of aromatic hydroxyl groups is 3. The second kappa shape index (κ2) is 4.39. The molecule has 1 aliphatic heterocycles. The average Bonchev–Trinajstić information content (AvgIpc) is 2.39. The van der Waals surface area contributed by atoms with Crippen molar-refractivity contribution in [3.8, 4) is 23.0 Å². The Labute approximate surface area is 110 Å². The Kier molecular flexibility index (Phi) is 2.71. The fourth-order valence-corrected chi connectivity index (χ4v) is 2.36. The molecule has 3 rings (SSSR count). The third kappa shape index (κ3) is 2.17. The Morgan fingerprint density at radius 2 is 1.79 bits per heavy atom. The molecule has 0 spiro atoms. The number of hydrogen-bond acceptors (Lipinski definition) is 4. The predicted molar refractivity (Wildman–Crippen MR) is 69.6 cm³/mol. The van der Waals surface area contributed by atoms with Crippen molar-refractivity contribution >= 4 is 0 Å². The maximum absolute atomic E-state index is 9.51. The standard InChI is InChI=1S/C15H14O4/c16-11-3-1-2-9(6-11)14-5-4-10-7-12(17)13(18)8-15(10)19-14/h1-3,6-8,14,16-18H,4-5H2. The third-order valence-electron chi connectivity index (χ3n) is 3.34. The van der Waals surface area contributed by atoms with Crippen molar-refractivity contribution in [3.63, 3.8) is 0 Å². The molecule has 1 atom stereocenters. The summed E-state index contributed by atoms with van der Waals surface area (Å²) in [4.78, 5) is 0. The Bertz CT molecular complexity index is 622. The van der Waals surface area contributed by atoms with Gasteiger partial charge in [-0.3, -0.25) is 0 Å². The van der Waals surface area contributed by atoms with Gasteiger partial charge in [-0.25, -0.2) is 0 Å². The lowest BCUT2D eigenvalue weighted by atomic mass is 9.97. The van der Waals surface area contributed by atoms with Crippen molar-refractivity contribution in [2.24, 2.45) is 0 Å². The molecule has 0 amide bonds. The van der Waals surface area contributed by atoms with E-state index in [0.29, 0.717) is 5.75 Å². The minimum Gasteiger partial charge on any atom is -0.508 e. The number of aryl methyl sites for hydroxylation is 1. The number of rotatable bonds is 1. The Morgan fingerprint density at radius 3 is 2.58 bits per heavy atom. The van der Waals surface area contributed by atoms with Crippen LogP contribution in [0.2, 0.25) is 0 Å². The van der Waals surface area contributed by atoms with E-state index >= 15 is 0 Å². The van der Waals surface area contributed by atoms with E-state index < -0.39 is 0 Å². The largest absolute Gasteiger partial charge is 0.508 e. The molecule has 2 aromatic rings. The van der Waals surface area contributed by atoms with Crippen LogP contribution < -0.4 is 4.74 Å². The van der Waals surface area contributed by atoms with Crippen molar-refractivity contribution < 1.29 is 20.1 Å². The van der Waals surface area contributed by atoms with E-state index in [1.807, 2.05) is 6.07 Å². The highest BCUT2D eigenvalue weighted by Gasteiger charge is 2.23. The van der Waals surface area contributed by atoms with Crippen LogP contribution in [0.5, 0.6) is 23.0 Å². The molecule has 1 unspecified atom stereocenters. The van der Waals surface area contributed by atoms with Gasteiger partial charge in [0.25, 0.3) is 0 Å². The van der Waals surface area contributed by atoms with Crippen LogP contribution in [0.3, 0.4) is 0 Å². The van der Waals surface area contributed by atoms with Gasteiger partial charge < -0.3 is 20.1 Å². The molecule has 3 N–H and O–H groups in total. The van der Waals surface area contributed by atoms with Gasteiger partial charge in [-0.15, -0.1) is 0 Å². The summed E-state index contributed by atoms with van der Waals surface area (Å²) in [5.74, 6) is 0.476. The Morgan fingerprint density at radius 1 is 1.00 bits per heavy atom. The summed E-state index contributed by atoms with van der Waals surface area (Å²) in [5.41, 5.74) is 1.78. The molecule has 1 aliphatic rings. The van der Waals surface area contributed by atoms with Crippen LogP contribution >= 0.6 is 0 Å². The first-order valence-corrected chi connectivity index (χ1v) is 6.14. The molecule has 0 radical (unpaired) electrons. The van der Waals surface area contributed by atoms with Gasteiger partial charge in [0, 0.05) is 6.07 Å². The van der Waals surface area contributed by atoms with Crippen LogP contribution in [0, 0.1) is 0 Å². The van der Waals surface area contributed by atoms with E-state index in [0.717, 1.165) is 24.0 Å². The summed E-state index contributed by atoms with van der Waals surface area (Å²) in [6, 6.07) is 9.93. The summed E-state index contributed by atoms with van der Waals surface area (Å²) in [7, 11) is 0. The molecule has 0 saturated carbocycles. The molecule has 0 aliphatic carbocycles. The van der Waals surface area contributed by atoms with Gasteiger partial charge in [0.2, 0.25) is 0 Å². The van der Waals surface area contributed by atoms with Crippen LogP contribution in [0.1, 0.15) is 23.7 Å². The summed E-state index contributed by atoms with van der Waals surface area (Å²) in [6.45, 7) is 0. The van der Waals surface area contributed by atoms with Gasteiger partial charge in [-0.05, 0) is 42.2 Å². The smallest absolute Gasteiger partial charge is 0.161 e. The van der Waals surface area contributed by atoms with Crippen molar-refractivity contribution in [2.45, 2.75) is 18.9 Å². The van der Waals surface area contributed by atoms with E-state index in [1.165, 1.54) is 12.1 Å². The zero-order valence-corrected chi connectivity index (χ0v) is 10.2. The number of ether oxygens (including phenoxy) is 1. The van der Waals surface area contributed by atoms with Crippen LogP contribution in [-0.4, -0.2) is 15.3 Å². The fraction of sp³-hybridized carbons (Fsp3) is 0.200. The molecular weight excluding hydrogens is 244 g/mol. The number of phenols is 3. The number of fused-ring (bicyclic) bond motifs is 1. The van der Waals surface area contributed by atoms with Crippen LogP contribution in [-0.2, 0) is 6.42 Å². The lowest BCUT2D eigenvalue weighted by Crippen LogP contribution is -2.14. The molecule has 0 fully saturated rings. The molecule has 4 heteroatoms. The highest BCUT2D eigenvalue weighted by molar-refractivity contribution is 5.50. The molecule has 19 heavy (non-hydrogen) atoms. The van der Waals surface area contributed by atoms with Crippen molar-refractivity contribution in [1.29, 1.82) is 0 Å². The second-order valence-corrected chi connectivity index (χ2v) is 4.69. The Balaban J connectivity index is 1.92. The first kappa shape index (κ1) is 11.7. The van der Waals surface area contributed by atoms with E-state index in [-0.39, 0.29) is 23.4 Å². The lowest BCUT2D eigenvalue weighted by Gasteiger charge is -2.26. The quantitative estimate of drug-likeness (QED) is 0.688. The summed E-state index contributed by atoms with van der Waals surface area (Å²) >= 11 is 0. The molecule has 98 valence electrons. The predicted octanol–water partition coefficient (Wildman–Crippen LogP) is 2.87.